The Balaban J connectivity index is 0.00000225. The Labute approximate surface area is 153 Å². The number of benzene rings is 2. The van der Waals surface area contributed by atoms with Gasteiger partial charge in [-0.3, -0.25) is 4.79 Å². The van der Waals surface area contributed by atoms with Crippen LogP contribution in [0.15, 0.2) is 48.5 Å². The van der Waals surface area contributed by atoms with Crippen LogP contribution in [0.5, 0.6) is 5.75 Å². The number of carbonyl (C=O) groups excluding carboxylic acids is 1. The third-order valence-electron chi connectivity index (χ3n) is 4.13. The van der Waals surface area contributed by atoms with Gasteiger partial charge in [-0.25, -0.2) is 4.39 Å². The van der Waals surface area contributed by atoms with Crippen LogP contribution in [0, 0.1) is 11.7 Å². The van der Waals surface area contributed by atoms with Gasteiger partial charge in [0.2, 0.25) is 5.91 Å². The average Bonchev–Trinajstić information content (AvgIpc) is 2.62. The summed E-state index contributed by atoms with van der Waals surface area (Å²) in [4.78, 5) is 12.3. The average molecular weight is 365 g/mol. The largest absolute Gasteiger partial charge is 0.489 e. The number of ether oxygens (including phenoxy) is 1. The van der Waals surface area contributed by atoms with Crippen molar-refractivity contribution in [2.24, 2.45) is 5.92 Å². The van der Waals surface area contributed by atoms with Crippen LogP contribution in [0.2, 0.25) is 0 Å². The minimum Gasteiger partial charge on any atom is -0.489 e. The lowest BCUT2D eigenvalue weighted by atomic mass is 9.97. The summed E-state index contributed by atoms with van der Waals surface area (Å²) in [5, 5.41) is 6.22. The Morgan fingerprint density at radius 2 is 1.88 bits per heavy atom. The highest BCUT2D eigenvalue weighted by Gasteiger charge is 2.20. The number of hydrogen-bond acceptors (Lipinski definition) is 3. The Morgan fingerprint density at radius 3 is 2.60 bits per heavy atom. The summed E-state index contributed by atoms with van der Waals surface area (Å²) in [6.45, 7) is 2.13. The normalized spacial score (nSPS) is 14.4. The molecule has 0 atom stereocenters. The molecule has 0 saturated carbocycles. The van der Waals surface area contributed by atoms with Gasteiger partial charge in [-0.05, 0) is 55.8 Å². The molecule has 1 heterocycles. The second-order valence-electron chi connectivity index (χ2n) is 5.96. The molecular weight excluding hydrogens is 343 g/mol. The SMILES string of the molecule is Cl.O=C(Nc1cccc(OCc2ccc(F)cc2)c1)C1CCNCC1. The summed E-state index contributed by atoms with van der Waals surface area (Å²) in [5.74, 6) is 0.533. The molecule has 1 saturated heterocycles. The number of hydrogen-bond donors (Lipinski definition) is 2. The summed E-state index contributed by atoms with van der Waals surface area (Å²) < 4.78 is 18.6. The Bertz CT molecular complexity index is 688. The van der Waals surface area contributed by atoms with Gasteiger partial charge in [0.05, 0.1) is 0 Å². The van der Waals surface area contributed by atoms with Crippen LogP contribution in [0.3, 0.4) is 0 Å². The van der Waals surface area contributed by atoms with E-state index >= 15 is 0 Å². The topological polar surface area (TPSA) is 50.4 Å². The van der Waals surface area contributed by atoms with Crippen molar-refractivity contribution in [1.82, 2.24) is 5.32 Å². The number of piperidine rings is 1. The van der Waals surface area contributed by atoms with Crippen molar-refractivity contribution in [2.45, 2.75) is 19.4 Å². The maximum Gasteiger partial charge on any atom is 0.227 e. The zero-order chi connectivity index (χ0) is 16.8. The van der Waals surface area contributed by atoms with E-state index in [-0.39, 0.29) is 30.0 Å². The van der Waals surface area contributed by atoms with E-state index in [4.69, 9.17) is 4.74 Å². The van der Waals surface area contributed by atoms with Gasteiger partial charge in [-0.15, -0.1) is 12.4 Å². The highest BCUT2D eigenvalue weighted by Crippen LogP contribution is 2.21. The molecule has 4 nitrogen and oxygen atoms in total. The minimum absolute atomic E-state index is 0. The third-order valence-corrected chi connectivity index (χ3v) is 4.13. The summed E-state index contributed by atoms with van der Waals surface area (Å²) >= 11 is 0. The van der Waals surface area contributed by atoms with Crippen LogP contribution < -0.4 is 15.4 Å². The summed E-state index contributed by atoms with van der Waals surface area (Å²) in [6.07, 6.45) is 1.74. The van der Waals surface area contributed by atoms with Gasteiger partial charge in [-0.1, -0.05) is 18.2 Å². The lowest BCUT2D eigenvalue weighted by Gasteiger charge is -2.21. The first-order chi connectivity index (χ1) is 11.7. The Kier molecular flexibility index (Phi) is 7.22. The van der Waals surface area contributed by atoms with E-state index in [0.29, 0.717) is 12.4 Å². The van der Waals surface area contributed by atoms with E-state index in [1.165, 1.54) is 12.1 Å². The highest BCUT2D eigenvalue weighted by atomic mass is 35.5. The van der Waals surface area contributed by atoms with Crippen LogP contribution in [-0.4, -0.2) is 19.0 Å². The lowest BCUT2D eigenvalue weighted by Crippen LogP contribution is -2.34. The van der Waals surface area contributed by atoms with E-state index < -0.39 is 0 Å². The second kappa shape index (κ2) is 9.39. The molecule has 0 aromatic heterocycles. The van der Waals surface area contributed by atoms with E-state index in [9.17, 15) is 9.18 Å². The molecule has 0 unspecified atom stereocenters. The Morgan fingerprint density at radius 1 is 1.16 bits per heavy atom. The fraction of sp³-hybridized carbons (Fsp3) is 0.316. The molecule has 25 heavy (non-hydrogen) atoms. The molecule has 6 heteroatoms. The quantitative estimate of drug-likeness (QED) is 0.849. The fourth-order valence-corrected chi connectivity index (χ4v) is 2.74. The van der Waals surface area contributed by atoms with Crippen LogP contribution in [0.1, 0.15) is 18.4 Å². The molecule has 0 aliphatic carbocycles. The molecule has 1 fully saturated rings. The van der Waals surface area contributed by atoms with Gasteiger partial charge in [0.1, 0.15) is 18.2 Å². The number of rotatable bonds is 5. The minimum atomic E-state index is -0.263. The maximum atomic E-state index is 12.9. The standard InChI is InChI=1S/C19H21FN2O2.ClH/c20-16-6-4-14(5-7-16)13-24-18-3-1-2-17(12-18)22-19(23)15-8-10-21-11-9-15;/h1-7,12,15,21H,8-11,13H2,(H,22,23);1H. The van der Waals surface area contributed by atoms with E-state index in [2.05, 4.69) is 10.6 Å². The van der Waals surface area contributed by atoms with Gasteiger partial charge < -0.3 is 15.4 Å². The van der Waals surface area contributed by atoms with Crippen LogP contribution in [-0.2, 0) is 11.4 Å². The zero-order valence-electron chi connectivity index (χ0n) is 13.8. The van der Waals surface area contributed by atoms with Crippen molar-refractivity contribution < 1.29 is 13.9 Å². The third kappa shape index (κ3) is 5.73. The van der Waals surface area contributed by atoms with Crippen LogP contribution in [0.25, 0.3) is 0 Å². The van der Waals surface area contributed by atoms with Crippen LogP contribution >= 0.6 is 12.4 Å². The highest BCUT2D eigenvalue weighted by molar-refractivity contribution is 5.92. The molecular formula is C19H22ClFN2O2. The maximum absolute atomic E-state index is 12.9. The van der Waals surface area contributed by atoms with Crippen molar-refractivity contribution >= 4 is 24.0 Å². The predicted molar refractivity (Wildman–Crippen MR) is 98.6 cm³/mol. The van der Waals surface area contributed by atoms with Gasteiger partial charge in [0.25, 0.3) is 0 Å². The lowest BCUT2D eigenvalue weighted by molar-refractivity contribution is -0.120. The molecule has 0 bridgehead atoms. The number of nitrogens with one attached hydrogen (secondary N) is 2. The number of anilines is 1. The van der Waals surface area contributed by atoms with E-state index in [1.54, 1.807) is 12.1 Å². The zero-order valence-corrected chi connectivity index (χ0v) is 14.7. The number of amides is 1. The second-order valence-corrected chi connectivity index (χ2v) is 5.96. The van der Waals surface area contributed by atoms with Crippen molar-refractivity contribution in [3.8, 4) is 5.75 Å². The smallest absolute Gasteiger partial charge is 0.227 e. The number of carbonyl (C=O) groups is 1. The molecule has 2 aromatic carbocycles. The van der Waals surface area contributed by atoms with Crippen molar-refractivity contribution in [2.75, 3.05) is 18.4 Å². The molecule has 2 N–H and O–H groups in total. The number of halogens is 2. The van der Waals surface area contributed by atoms with E-state index in [0.717, 1.165) is 37.2 Å². The summed E-state index contributed by atoms with van der Waals surface area (Å²) in [5.41, 5.74) is 1.62. The molecule has 0 radical (unpaired) electrons. The molecule has 3 rings (SSSR count). The van der Waals surface area contributed by atoms with Crippen molar-refractivity contribution in [3.63, 3.8) is 0 Å². The molecule has 1 aliphatic heterocycles. The van der Waals surface area contributed by atoms with Crippen molar-refractivity contribution in [1.29, 1.82) is 0 Å². The van der Waals surface area contributed by atoms with Gasteiger partial charge in [0, 0.05) is 17.7 Å². The molecule has 0 spiro atoms. The first-order valence-electron chi connectivity index (χ1n) is 8.19. The Hall–Kier alpha value is -2.11. The fourth-order valence-electron chi connectivity index (χ4n) is 2.74. The van der Waals surface area contributed by atoms with Crippen LogP contribution in [0.4, 0.5) is 10.1 Å². The van der Waals surface area contributed by atoms with Gasteiger partial charge in [-0.2, -0.15) is 0 Å². The first-order valence-corrected chi connectivity index (χ1v) is 8.19. The molecule has 2 aromatic rings. The monoisotopic (exact) mass is 364 g/mol. The molecule has 1 aliphatic rings. The predicted octanol–water partition coefficient (Wildman–Crippen LogP) is 3.76. The van der Waals surface area contributed by atoms with Gasteiger partial charge >= 0.3 is 0 Å². The van der Waals surface area contributed by atoms with Crippen molar-refractivity contribution in [3.05, 3.63) is 59.9 Å². The first kappa shape index (κ1) is 19.2. The van der Waals surface area contributed by atoms with E-state index in [1.807, 2.05) is 24.3 Å². The summed E-state index contributed by atoms with van der Waals surface area (Å²) in [7, 11) is 0. The molecule has 1 amide bonds. The van der Waals surface area contributed by atoms with Gasteiger partial charge in [0.15, 0.2) is 0 Å². The molecule has 134 valence electrons. The summed E-state index contributed by atoms with van der Waals surface area (Å²) in [6, 6.07) is 13.5.